The molecule has 43 heavy (non-hydrogen) atoms. The summed E-state index contributed by atoms with van der Waals surface area (Å²) in [5.74, 6) is 0.677. The van der Waals surface area contributed by atoms with Gasteiger partial charge < -0.3 is 26.3 Å². The summed E-state index contributed by atoms with van der Waals surface area (Å²) in [6, 6.07) is 24.2. The van der Waals surface area contributed by atoms with Gasteiger partial charge in [-0.15, -0.1) is 11.3 Å². The maximum Gasteiger partial charge on any atom is 0.237 e. The molecule has 2 unspecified atom stereocenters. The van der Waals surface area contributed by atoms with E-state index >= 15 is 0 Å². The summed E-state index contributed by atoms with van der Waals surface area (Å²) in [5, 5.41) is 4.11. The molecular formula is C34H38N4O4S. The van der Waals surface area contributed by atoms with Gasteiger partial charge in [-0.3, -0.25) is 14.5 Å². The lowest BCUT2D eigenvalue weighted by Gasteiger charge is -2.15. The fourth-order valence-electron chi connectivity index (χ4n) is 5.63. The second-order valence-electron chi connectivity index (χ2n) is 11.4. The minimum Gasteiger partial charge on any atom is -0.492 e. The van der Waals surface area contributed by atoms with E-state index in [1.165, 1.54) is 52.0 Å². The first-order valence-corrected chi connectivity index (χ1v) is 15.8. The van der Waals surface area contributed by atoms with E-state index in [2.05, 4.69) is 70.9 Å². The van der Waals surface area contributed by atoms with Crippen LogP contribution in [0.15, 0.2) is 72.8 Å². The third kappa shape index (κ3) is 7.36. The first-order valence-electron chi connectivity index (χ1n) is 15.0. The second-order valence-corrected chi connectivity index (χ2v) is 12.5. The van der Waals surface area contributed by atoms with Gasteiger partial charge in [0.1, 0.15) is 24.2 Å². The van der Waals surface area contributed by atoms with Gasteiger partial charge in [-0.1, -0.05) is 30.3 Å². The SMILES string of the molecule is NC(=O)C[C@H](N)C(=O)NC1CC1Oc1ccc(-c2sc3ccccc3c2Cc2ccc(OCCN3CCCC3)cc2)cc1. The zero-order valence-electron chi connectivity index (χ0n) is 24.2. The number of carbonyl (C=O) groups excluding carboxylic acids is 2. The zero-order chi connectivity index (χ0) is 29.8. The van der Waals surface area contributed by atoms with Crippen LogP contribution in [0.5, 0.6) is 11.5 Å². The molecule has 2 fully saturated rings. The van der Waals surface area contributed by atoms with Crippen LogP contribution in [-0.4, -0.2) is 61.1 Å². The Bertz CT molecular complexity index is 1560. The standard InChI is InChI=1S/C34H38N4O4S/c35-28(20-32(36)39)34(40)37-29-21-30(29)42-25-13-9-23(10-14-25)33-27(26-5-1-2-6-31(26)43-33)19-22-7-11-24(12-8-22)41-18-17-38-15-3-4-16-38/h1-2,5-14,28-30H,3-4,15-21,35H2,(H2,36,39)(H,37,40)/t28-,29?,30?/m0/s1. The molecule has 3 atom stereocenters. The monoisotopic (exact) mass is 598 g/mol. The molecule has 1 aliphatic carbocycles. The summed E-state index contributed by atoms with van der Waals surface area (Å²) in [7, 11) is 0. The van der Waals surface area contributed by atoms with E-state index in [9.17, 15) is 9.59 Å². The highest BCUT2D eigenvalue weighted by molar-refractivity contribution is 7.22. The number of nitrogens with two attached hydrogens (primary N) is 2. The van der Waals surface area contributed by atoms with Crippen LogP contribution in [-0.2, 0) is 16.0 Å². The Kier molecular flexibility index (Phi) is 8.92. The normalized spacial score (nSPS) is 18.8. The van der Waals surface area contributed by atoms with Crippen molar-refractivity contribution in [1.82, 2.24) is 10.2 Å². The molecule has 3 aromatic carbocycles. The fourth-order valence-corrected chi connectivity index (χ4v) is 6.85. The van der Waals surface area contributed by atoms with E-state index in [0.29, 0.717) is 6.42 Å². The first-order chi connectivity index (χ1) is 20.9. The molecule has 8 nitrogen and oxygen atoms in total. The lowest BCUT2D eigenvalue weighted by Crippen LogP contribution is -2.44. The summed E-state index contributed by atoms with van der Waals surface area (Å²) in [5.41, 5.74) is 14.6. The van der Waals surface area contributed by atoms with Crippen LogP contribution < -0.4 is 26.3 Å². The number of primary amides is 1. The molecule has 2 aliphatic rings. The number of ether oxygens (including phenoxy) is 2. The second kappa shape index (κ2) is 13.2. The van der Waals surface area contributed by atoms with Crippen LogP contribution in [0.25, 0.3) is 20.5 Å². The van der Waals surface area contributed by atoms with E-state index < -0.39 is 11.9 Å². The summed E-state index contributed by atoms with van der Waals surface area (Å²) >= 11 is 1.81. The molecular weight excluding hydrogens is 560 g/mol. The van der Waals surface area contributed by atoms with Gasteiger partial charge in [-0.25, -0.2) is 0 Å². The van der Waals surface area contributed by atoms with Gasteiger partial charge in [0.05, 0.1) is 18.5 Å². The van der Waals surface area contributed by atoms with E-state index in [-0.39, 0.29) is 24.5 Å². The summed E-state index contributed by atoms with van der Waals surface area (Å²) < 4.78 is 13.4. The molecule has 1 saturated carbocycles. The molecule has 2 heterocycles. The van der Waals surface area contributed by atoms with E-state index in [1.807, 2.05) is 12.1 Å². The number of rotatable bonds is 13. The number of benzene rings is 3. The van der Waals surface area contributed by atoms with Crippen molar-refractivity contribution in [2.75, 3.05) is 26.2 Å². The molecule has 6 rings (SSSR count). The molecule has 1 saturated heterocycles. The summed E-state index contributed by atoms with van der Waals surface area (Å²) in [4.78, 5) is 26.9. The maximum absolute atomic E-state index is 12.2. The first kappa shape index (κ1) is 29.2. The third-order valence-corrected chi connectivity index (χ3v) is 9.36. The number of nitrogens with one attached hydrogen (secondary N) is 1. The largest absolute Gasteiger partial charge is 0.492 e. The number of hydrogen-bond acceptors (Lipinski definition) is 7. The van der Waals surface area contributed by atoms with Crippen molar-refractivity contribution in [3.8, 4) is 21.9 Å². The number of amides is 2. The lowest BCUT2D eigenvalue weighted by molar-refractivity contribution is -0.126. The Morgan fingerprint density at radius 1 is 0.977 bits per heavy atom. The van der Waals surface area contributed by atoms with Crippen LogP contribution in [0.3, 0.4) is 0 Å². The Labute approximate surface area is 256 Å². The molecule has 0 bridgehead atoms. The Morgan fingerprint density at radius 2 is 1.70 bits per heavy atom. The summed E-state index contributed by atoms with van der Waals surface area (Å²) in [6.45, 7) is 4.08. The Balaban J connectivity index is 1.09. The van der Waals surface area contributed by atoms with Gasteiger partial charge >= 0.3 is 0 Å². The molecule has 5 N–H and O–H groups in total. The maximum atomic E-state index is 12.2. The quantitative estimate of drug-likeness (QED) is 0.209. The number of hydrogen-bond donors (Lipinski definition) is 3. The molecule has 0 spiro atoms. The van der Waals surface area contributed by atoms with Gasteiger partial charge in [-0.05, 0) is 96.9 Å². The van der Waals surface area contributed by atoms with Crippen molar-refractivity contribution in [3.63, 3.8) is 0 Å². The van der Waals surface area contributed by atoms with E-state index in [0.717, 1.165) is 36.6 Å². The van der Waals surface area contributed by atoms with Crippen molar-refractivity contribution in [1.29, 1.82) is 0 Å². The third-order valence-electron chi connectivity index (χ3n) is 8.10. The molecule has 4 aromatic rings. The molecule has 2 amide bonds. The number of nitrogens with zero attached hydrogens (tertiary/aromatic N) is 1. The Morgan fingerprint density at radius 3 is 2.44 bits per heavy atom. The van der Waals surface area contributed by atoms with Crippen molar-refractivity contribution >= 4 is 33.2 Å². The highest BCUT2D eigenvalue weighted by atomic mass is 32.1. The summed E-state index contributed by atoms with van der Waals surface area (Å²) in [6.07, 6.45) is 3.82. The molecule has 224 valence electrons. The van der Waals surface area contributed by atoms with Crippen LogP contribution in [0.2, 0.25) is 0 Å². The average molecular weight is 599 g/mol. The van der Waals surface area contributed by atoms with Gasteiger partial charge in [0.25, 0.3) is 0 Å². The molecule has 1 aliphatic heterocycles. The van der Waals surface area contributed by atoms with Crippen molar-refractivity contribution < 1.29 is 19.1 Å². The lowest BCUT2D eigenvalue weighted by atomic mass is 9.99. The van der Waals surface area contributed by atoms with Gasteiger partial charge in [0, 0.05) is 22.5 Å². The highest BCUT2D eigenvalue weighted by Crippen LogP contribution is 2.40. The van der Waals surface area contributed by atoms with Crippen molar-refractivity contribution in [3.05, 3.63) is 83.9 Å². The van der Waals surface area contributed by atoms with E-state index in [4.69, 9.17) is 20.9 Å². The number of likely N-dealkylation sites (tertiary alicyclic amines) is 1. The molecule has 1 aromatic heterocycles. The number of carbonyl (C=O) groups is 2. The highest BCUT2D eigenvalue weighted by Gasteiger charge is 2.41. The minimum atomic E-state index is -0.940. The minimum absolute atomic E-state index is 0.123. The average Bonchev–Trinajstić information content (AvgIpc) is 3.35. The number of fused-ring (bicyclic) bond motifs is 1. The fraction of sp³-hybridized carbons (Fsp3) is 0.353. The van der Waals surface area contributed by atoms with Crippen LogP contribution in [0.4, 0.5) is 0 Å². The van der Waals surface area contributed by atoms with Crippen molar-refractivity contribution in [2.45, 2.75) is 50.3 Å². The van der Waals surface area contributed by atoms with Crippen LogP contribution >= 0.6 is 11.3 Å². The van der Waals surface area contributed by atoms with Gasteiger partial charge in [-0.2, -0.15) is 0 Å². The smallest absolute Gasteiger partial charge is 0.237 e. The topological polar surface area (TPSA) is 120 Å². The van der Waals surface area contributed by atoms with E-state index in [1.54, 1.807) is 11.3 Å². The molecule has 9 heteroatoms. The molecule has 0 radical (unpaired) electrons. The Hall–Kier alpha value is -3.92. The zero-order valence-corrected chi connectivity index (χ0v) is 25.0. The predicted molar refractivity (Wildman–Crippen MR) is 170 cm³/mol. The number of thiophene rings is 1. The van der Waals surface area contributed by atoms with Crippen LogP contribution in [0, 0.1) is 0 Å². The van der Waals surface area contributed by atoms with Crippen LogP contribution in [0.1, 0.15) is 36.8 Å². The van der Waals surface area contributed by atoms with Gasteiger partial charge in [0.2, 0.25) is 11.8 Å². The van der Waals surface area contributed by atoms with Crippen molar-refractivity contribution in [2.24, 2.45) is 11.5 Å². The van der Waals surface area contributed by atoms with Gasteiger partial charge in [0.15, 0.2) is 0 Å². The predicted octanol–water partition coefficient (Wildman–Crippen LogP) is 4.47.